The number of rotatable bonds is 3. The van der Waals surface area contributed by atoms with Gasteiger partial charge in [0.15, 0.2) is 0 Å². The molecule has 106 valence electrons. The van der Waals surface area contributed by atoms with Gasteiger partial charge in [-0.3, -0.25) is 4.98 Å². The maximum absolute atomic E-state index is 4.20. The number of pyridine rings is 1. The van der Waals surface area contributed by atoms with Crippen molar-refractivity contribution in [1.82, 2.24) is 15.2 Å². The highest BCUT2D eigenvalue weighted by Gasteiger charge is 2.22. The van der Waals surface area contributed by atoms with Gasteiger partial charge >= 0.3 is 0 Å². The maximum atomic E-state index is 4.20. The minimum atomic E-state index is 0.637. The lowest BCUT2D eigenvalue weighted by molar-refractivity contribution is 0.168. The van der Waals surface area contributed by atoms with E-state index in [-0.39, 0.29) is 0 Å². The smallest absolute Gasteiger partial charge is 0.0346 e. The molecule has 2 aromatic rings. The van der Waals surface area contributed by atoms with Crippen molar-refractivity contribution in [3.63, 3.8) is 0 Å². The van der Waals surface area contributed by atoms with Gasteiger partial charge in [0.05, 0.1) is 0 Å². The highest BCUT2D eigenvalue weighted by molar-refractivity contribution is 5.84. The summed E-state index contributed by atoms with van der Waals surface area (Å²) in [5, 5.41) is 6.28. The summed E-state index contributed by atoms with van der Waals surface area (Å²) in [6.45, 7) is 4.46. The summed E-state index contributed by atoms with van der Waals surface area (Å²) in [6.07, 6.45) is 6.30. The van der Waals surface area contributed by atoms with Crippen molar-refractivity contribution >= 4 is 10.8 Å². The van der Waals surface area contributed by atoms with Crippen LogP contribution < -0.4 is 5.32 Å². The Bertz CT molecular complexity index is 576. The Balaban J connectivity index is 1.68. The van der Waals surface area contributed by atoms with E-state index in [0.29, 0.717) is 12.1 Å². The van der Waals surface area contributed by atoms with Crippen molar-refractivity contribution in [2.45, 2.75) is 38.4 Å². The zero-order valence-corrected chi connectivity index (χ0v) is 12.3. The van der Waals surface area contributed by atoms with Crippen LogP contribution in [0.2, 0.25) is 0 Å². The van der Waals surface area contributed by atoms with Crippen molar-refractivity contribution in [2.75, 3.05) is 13.6 Å². The van der Waals surface area contributed by atoms with E-state index in [9.17, 15) is 0 Å². The van der Waals surface area contributed by atoms with Gasteiger partial charge in [0.1, 0.15) is 0 Å². The molecular formula is C17H23N3. The number of hydrogen-bond donors (Lipinski definition) is 1. The second-order valence-electron chi connectivity index (χ2n) is 5.95. The maximum Gasteiger partial charge on any atom is 0.0346 e. The number of likely N-dealkylation sites (tertiary alicyclic amines) is 1. The fourth-order valence-electron chi connectivity index (χ4n) is 3.07. The Morgan fingerprint density at radius 2 is 2.25 bits per heavy atom. The number of aromatic nitrogens is 1. The first kappa shape index (κ1) is 13.5. The van der Waals surface area contributed by atoms with Crippen molar-refractivity contribution < 1.29 is 0 Å². The predicted octanol–water partition coefficient (Wildman–Crippen LogP) is 2.81. The van der Waals surface area contributed by atoms with E-state index in [1.165, 1.54) is 35.7 Å². The van der Waals surface area contributed by atoms with Crippen LogP contribution >= 0.6 is 0 Å². The lowest BCUT2D eigenvalue weighted by Gasteiger charge is -2.35. The van der Waals surface area contributed by atoms with Crippen molar-refractivity contribution in [2.24, 2.45) is 0 Å². The van der Waals surface area contributed by atoms with Gasteiger partial charge in [-0.2, -0.15) is 0 Å². The van der Waals surface area contributed by atoms with Crippen molar-refractivity contribution in [3.8, 4) is 0 Å². The largest absolute Gasteiger partial charge is 0.310 e. The number of hydrogen-bond acceptors (Lipinski definition) is 3. The molecule has 3 heteroatoms. The normalized spacial score (nSPS) is 24.1. The predicted molar refractivity (Wildman–Crippen MR) is 83.7 cm³/mol. The van der Waals surface area contributed by atoms with Gasteiger partial charge in [0.2, 0.25) is 0 Å². The van der Waals surface area contributed by atoms with Crippen molar-refractivity contribution in [3.05, 3.63) is 42.2 Å². The molecule has 1 aliphatic rings. The molecule has 20 heavy (non-hydrogen) atoms. The molecule has 0 radical (unpaired) electrons. The molecule has 1 fully saturated rings. The number of nitrogens with one attached hydrogen (secondary N) is 1. The van der Waals surface area contributed by atoms with Crippen molar-refractivity contribution in [1.29, 1.82) is 0 Å². The summed E-state index contributed by atoms with van der Waals surface area (Å²) in [5.41, 5.74) is 1.37. The van der Waals surface area contributed by atoms with Gasteiger partial charge < -0.3 is 10.2 Å². The van der Waals surface area contributed by atoms with Crippen LogP contribution in [0, 0.1) is 0 Å². The first-order valence-electron chi connectivity index (χ1n) is 7.49. The van der Waals surface area contributed by atoms with Gasteiger partial charge in [-0.15, -0.1) is 0 Å². The SMILES string of the molecule is CC1CC(NCc2cccc3cnccc23)CCN1C. The van der Waals surface area contributed by atoms with Gasteiger partial charge in [-0.05, 0) is 50.4 Å². The molecule has 0 saturated carbocycles. The van der Waals surface area contributed by atoms with E-state index >= 15 is 0 Å². The first-order chi connectivity index (χ1) is 9.74. The van der Waals surface area contributed by atoms with Crippen LogP contribution in [-0.2, 0) is 6.54 Å². The molecule has 2 atom stereocenters. The summed E-state index contributed by atoms with van der Waals surface area (Å²) < 4.78 is 0. The van der Waals surface area contributed by atoms with Crippen LogP contribution in [0.1, 0.15) is 25.3 Å². The molecule has 3 nitrogen and oxygen atoms in total. The Labute approximate surface area is 121 Å². The zero-order chi connectivity index (χ0) is 13.9. The third kappa shape index (κ3) is 2.84. The zero-order valence-electron chi connectivity index (χ0n) is 12.3. The van der Waals surface area contributed by atoms with E-state index in [1.54, 1.807) is 0 Å². The Morgan fingerprint density at radius 1 is 1.35 bits per heavy atom. The van der Waals surface area contributed by atoms with Gasteiger partial charge in [0, 0.05) is 36.4 Å². The summed E-state index contributed by atoms with van der Waals surface area (Å²) in [4.78, 5) is 6.64. The minimum absolute atomic E-state index is 0.637. The molecule has 1 N–H and O–H groups in total. The van der Waals surface area contributed by atoms with Crippen LogP contribution in [0.25, 0.3) is 10.8 Å². The van der Waals surface area contributed by atoms with E-state index in [4.69, 9.17) is 0 Å². The molecule has 0 spiro atoms. The number of benzene rings is 1. The molecular weight excluding hydrogens is 246 g/mol. The standard InChI is InChI=1S/C17H23N3/c1-13-10-16(7-9-20(13)2)19-12-15-5-3-4-14-11-18-8-6-17(14)15/h3-6,8,11,13,16,19H,7,9-10,12H2,1-2H3. The first-order valence-corrected chi connectivity index (χ1v) is 7.49. The number of piperidine rings is 1. The average Bonchev–Trinajstić information content (AvgIpc) is 2.48. The molecule has 2 heterocycles. The summed E-state index contributed by atoms with van der Waals surface area (Å²) in [7, 11) is 2.22. The summed E-state index contributed by atoms with van der Waals surface area (Å²) in [6, 6.07) is 9.90. The molecule has 1 aliphatic heterocycles. The highest BCUT2D eigenvalue weighted by Crippen LogP contribution is 2.19. The molecule has 2 unspecified atom stereocenters. The quantitative estimate of drug-likeness (QED) is 0.928. The fraction of sp³-hybridized carbons (Fsp3) is 0.471. The van der Waals surface area contributed by atoms with E-state index in [1.807, 2.05) is 12.4 Å². The monoisotopic (exact) mass is 269 g/mol. The minimum Gasteiger partial charge on any atom is -0.310 e. The third-order valence-corrected chi connectivity index (χ3v) is 4.56. The van der Waals surface area contributed by atoms with E-state index < -0.39 is 0 Å². The molecule has 1 saturated heterocycles. The lowest BCUT2D eigenvalue weighted by atomic mass is 9.98. The third-order valence-electron chi connectivity index (χ3n) is 4.56. The van der Waals surface area contributed by atoms with E-state index in [0.717, 1.165) is 6.54 Å². The Hall–Kier alpha value is -1.45. The van der Waals surface area contributed by atoms with Crippen LogP contribution in [0.4, 0.5) is 0 Å². The van der Waals surface area contributed by atoms with Crippen LogP contribution in [0.3, 0.4) is 0 Å². The molecule has 1 aromatic heterocycles. The average molecular weight is 269 g/mol. The van der Waals surface area contributed by atoms with Crippen LogP contribution in [-0.4, -0.2) is 35.6 Å². The second kappa shape index (κ2) is 5.90. The molecule has 0 amide bonds. The van der Waals surface area contributed by atoms with Crippen LogP contribution in [0.5, 0.6) is 0 Å². The topological polar surface area (TPSA) is 28.2 Å². The highest BCUT2D eigenvalue weighted by atomic mass is 15.1. The van der Waals surface area contributed by atoms with Gasteiger partial charge in [-0.25, -0.2) is 0 Å². The van der Waals surface area contributed by atoms with Gasteiger partial charge in [0.25, 0.3) is 0 Å². The van der Waals surface area contributed by atoms with Crippen LogP contribution in [0.15, 0.2) is 36.7 Å². The van der Waals surface area contributed by atoms with Gasteiger partial charge in [-0.1, -0.05) is 18.2 Å². The molecule has 1 aromatic carbocycles. The molecule has 0 bridgehead atoms. The van der Waals surface area contributed by atoms with E-state index in [2.05, 4.69) is 53.4 Å². The molecule has 3 rings (SSSR count). The molecule has 0 aliphatic carbocycles. The fourth-order valence-corrected chi connectivity index (χ4v) is 3.07. The lowest BCUT2D eigenvalue weighted by Crippen LogP contribution is -2.45. The Kier molecular flexibility index (Phi) is 3.99. The number of fused-ring (bicyclic) bond motifs is 1. The summed E-state index contributed by atoms with van der Waals surface area (Å²) >= 11 is 0. The summed E-state index contributed by atoms with van der Waals surface area (Å²) in [5.74, 6) is 0. The second-order valence-corrected chi connectivity index (χ2v) is 5.95. The number of nitrogens with zero attached hydrogens (tertiary/aromatic N) is 2. The Morgan fingerprint density at radius 3 is 3.10 bits per heavy atom.